The SMILES string of the molecule is CCC(C)C(N)C(=O)Nc1nc(C(C)(C)C)c(C(=O)OC)s1.Cl. The Labute approximate surface area is 147 Å². The van der Waals surface area contributed by atoms with Crippen LogP contribution < -0.4 is 11.1 Å². The number of methoxy groups -OCH3 is 1. The number of anilines is 1. The van der Waals surface area contributed by atoms with Crippen LogP contribution in [0.2, 0.25) is 0 Å². The Morgan fingerprint density at radius 1 is 1.39 bits per heavy atom. The van der Waals surface area contributed by atoms with Crippen LogP contribution in [-0.4, -0.2) is 30.0 Å². The first-order valence-electron chi connectivity index (χ1n) is 7.27. The average Bonchev–Trinajstić information content (AvgIpc) is 2.88. The number of ether oxygens (including phenoxy) is 1. The van der Waals surface area contributed by atoms with Crippen LogP contribution >= 0.6 is 23.7 Å². The van der Waals surface area contributed by atoms with Crippen molar-refractivity contribution in [1.82, 2.24) is 4.98 Å². The highest BCUT2D eigenvalue weighted by atomic mass is 35.5. The molecule has 8 heteroatoms. The van der Waals surface area contributed by atoms with Gasteiger partial charge in [0.1, 0.15) is 4.88 Å². The van der Waals surface area contributed by atoms with E-state index >= 15 is 0 Å². The van der Waals surface area contributed by atoms with Crippen LogP contribution in [0.25, 0.3) is 0 Å². The molecule has 3 N–H and O–H groups in total. The lowest BCUT2D eigenvalue weighted by Gasteiger charge is -2.17. The van der Waals surface area contributed by atoms with Gasteiger partial charge >= 0.3 is 5.97 Å². The lowest BCUT2D eigenvalue weighted by Crippen LogP contribution is -2.40. The molecule has 0 aromatic carbocycles. The van der Waals surface area contributed by atoms with Crippen LogP contribution in [0.15, 0.2) is 0 Å². The fraction of sp³-hybridized carbons (Fsp3) is 0.667. The van der Waals surface area contributed by atoms with Gasteiger partial charge in [-0.15, -0.1) is 12.4 Å². The Balaban J connectivity index is 0.00000484. The summed E-state index contributed by atoms with van der Waals surface area (Å²) in [5.41, 5.74) is 6.19. The van der Waals surface area contributed by atoms with Crippen LogP contribution in [0.5, 0.6) is 0 Å². The maximum atomic E-state index is 12.1. The molecule has 0 saturated carbocycles. The number of nitrogens with zero attached hydrogens (tertiary/aromatic N) is 1. The predicted molar refractivity (Wildman–Crippen MR) is 95.5 cm³/mol. The smallest absolute Gasteiger partial charge is 0.350 e. The number of hydrogen-bond donors (Lipinski definition) is 2. The summed E-state index contributed by atoms with van der Waals surface area (Å²) in [6.07, 6.45) is 0.813. The fourth-order valence-corrected chi connectivity index (χ4v) is 2.91. The standard InChI is InChI=1S/C15H25N3O3S.ClH/c1-7-8(2)9(16)12(19)18-14-17-11(15(3,4)5)10(22-14)13(20)21-6;/h8-9H,7,16H2,1-6H3,(H,17,18,19);1H. The Bertz CT molecular complexity index is 555. The van der Waals surface area contributed by atoms with Crippen molar-refractivity contribution in [3.05, 3.63) is 10.6 Å². The number of aromatic nitrogens is 1. The molecule has 1 rings (SSSR count). The molecule has 0 fully saturated rings. The molecule has 23 heavy (non-hydrogen) atoms. The summed E-state index contributed by atoms with van der Waals surface area (Å²) in [7, 11) is 1.32. The number of nitrogens with two attached hydrogens (primary N) is 1. The first-order chi connectivity index (χ1) is 10.1. The van der Waals surface area contributed by atoms with Crippen molar-refractivity contribution in [1.29, 1.82) is 0 Å². The number of carbonyl (C=O) groups is 2. The summed E-state index contributed by atoms with van der Waals surface area (Å²) >= 11 is 1.11. The average molecular weight is 364 g/mol. The number of hydrogen-bond acceptors (Lipinski definition) is 6. The summed E-state index contributed by atoms with van der Waals surface area (Å²) < 4.78 is 4.79. The first-order valence-corrected chi connectivity index (χ1v) is 8.09. The third-order valence-corrected chi connectivity index (χ3v) is 4.45. The normalized spacial score (nSPS) is 13.7. The van der Waals surface area contributed by atoms with Gasteiger partial charge in [-0.25, -0.2) is 9.78 Å². The molecule has 0 radical (unpaired) electrons. The molecular formula is C15H26ClN3O3S. The molecule has 0 aliphatic heterocycles. The molecule has 1 amide bonds. The summed E-state index contributed by atoms with van der Waals surface area (Å²) in [5.74, 6) is -0.670. The molecule has 132 valence electrons. The molecule has 2 unspecified atom stereocenters. The van der Waals surface area contributed by atoms with Crippen LogP contribution in [-0.2, 0) is 14.9 Å². The zero-order valence-corrected chi connectivity index (χ0v) is 16.1. The maximum Gasteiger partial charge on any atom is 0.350 e. The van der Waals surface area contributed by atoms with Gasteiger partial charge in [-0.3, -0.25) is 4.79 Å². The topological polar surface area (TPSA) is 94.3 Å². The zero-order valence-electron chi connectivity index (χ0n) is 14.4. The van der Waals surface area contributed by atoms with E-state index < -0.39 is 12.0 Å². The minimum atomic E-state index is -0.603. The summed E-state index contributed by atoms with van der Waals surface area (Å²) in [4.78, 5) is 28.8. The van der Waals surface area contributed by atoms with E-state index in [-0.39, 0.29) is 29.6 Å². The highest BCUT2D eigenvalue weighted by molar-refractivity contribution is 7.17. The molecule has 0 aliphatic carbocycles. The minimum absolute atomic E-state index is 0. The van der Waals surface area contributed by atoms with Gasteiger partial charge in [0.25, 0.3) is 0 Å². The Morgan fingerprint density at radius 2 is 1.96 bits per heavy atom. The van der Waals surface area contributed by atoms with Gasteiger partial charge in [-0.2, -0.15) is 0 Å². The number of carbonyl (C=O) groups excluding carboxylic acids is 2. The van der Waals surface area contributed by atoms with E-state index in [2.05, 4.69) is 10.3 Å². The highest BCUT2D eigenvalue weighted by Gasteiger charge is 2.29. The second-order valence-electron chi connectivity index (χ2n) is 6.34. The quantitative estimate of drug-likeness (QED) is 0.784. The molecule has 1 heterocycles. The van der Waals surface area contributed by atoms with Crippen LogP contribution in [0.3, 0.4) is 0 Å². The van der Waals surface area contributed by atoms with Gasteiger partial charge in [0.15, 0.2) is 5.13 Å². The van der Waals surface area contributed by atoms with E-state index in [1.54, 1.807) is 0 Å². The van der Waals surface area contributed by atoms with Crippen molar-refractivity contribution in [3.8, 4) is 0 Å². The van der Waals surface area contributed by atoms with Crippen LogP contribution in [0.1, 0.15) is 56.4 Å². The number of thiazole rings is 1. The largest absolute Gasteiger partial charge is 0.465 e. The number of amides is 1. The van der Waals surface area contributed by atoms with E-state index in [1.165, 1.54) is 7.11 Å². The number of rotatable bonds is 5. The molecule has 6 nitrogen and oxygen atoms in total. The van der Waals surface area contributed by atoms with Crippen molar-refractivity contribution >= 4 is 40.8 Å². The number of esters is 1. The van der Waals surface area contributed by atoms with Gasteiger partial charge in [0, 0.05) is 5.41 Å². The first kappa shape index (κ1) is 21.8. The highest BCUT2D eigenvalue weighted by Crippen LogP contribution is 2.32. The van der Waals surface area contributed by atoms with Gasteiger partial charge in [-0.1, -0.05) is 52.4 Å². The summed E-state index contributed by atoms with van der Waals surface area (Å²) in [6.45, 7) is 9.75. The molecule has 2 atom stereocenters. The number of halogens is 1. The molecule has 1 aromatic heterocycles. The second-order valence-corrected chi connectivity index (χ2v) is 7.34. The maximum absolute atomic E-state index is 12.1. The Morgan fingerprint density at radius 3 is 2.39 bits per heavy atom. The number of nitrogens with one attached hydrogen (secondary N) is 1. The summed E-state index contributed by atoms with van der Waals surface area (Å²) in [6, 6.07) is -0.603. The predicted octanol–water partition coefficient (Wildman–Crippen LogP) is 2.96. The second kappa shape index (κ2) is 8.61. The molecule has 0 spiro atoms. The lowest BCUT2D eigenvalue weighted by molar-refractivity contribution is -0.118. The van der Waals surface area contributed by atoms with E-state index in [1.807, 2.05) is 34.6 Å². The van der Waals surface area contributed by atoms with Crippen molar-refractivity contribution in [2.75, 3.05) is 12.4 Å². The Hall–Kier alpha value is -1.18. The fourth-order valence-electron chi connectivity index (χ4n) is 1.81. The molecule has 0 bridgehead atoms. The van der Waals surface area contributed by atoms with Crippen LogP contribution in [0.4, 0.5) is 5.13 Å². The Kier molecular flexibility index (Phi) is 8.17. The zero-order chi connectivity index (χ0) is 17.1. The van der Waals surface area contributed by atoms with Crippen LogP contribution in [0, 0.1) is 5.92 Å². The molecule has 1 aromatic rings. The minimum Gasteiger partial charge on any atom is -0.465 e. The monoisotopic (exact) mass is 363 g/mol. The molecule has 0 saturated heterocycles. The van der Waals surface area contributed by atoms with E-state index in [9.17, 15) is 9.59 Å². The third-order valence-electron chi connectivity index (χ3n) is 3.50. The van der Waals surface area contributed by atoms with Crippen molar-refractivity contribution < 1.29 is 14.3 Å². The third kappa shape index (κ3) is 5.44. The molecular weight excluding hydrogens is 338 g/mol. The summed E-state index contributed by atoms with van der Waals surface area (Å²) in [5, 5.41) is 3.07. The van der Waals surface area contributed by atoms with E-state index in [4.69, 9.17) is 10.5 Å². The molecule has 0 aliphatic rings. The van der Waals surface area contributed by atoms with Gasteiger partial charge in [0.05, 0.1) is 18.8 Å². The van der Waals surface area contributed by atoms with Gasteiger partial charge in [-0.05, 0) is 5.92 Å². The van der Waals surface area contributed by atoms with Gasteiger partial charge in [0.2, 0.25) is 5.91 Å². The lowest BCUT2D eigenvalue weighted by atomic mass is 9.91. The van der Waals surface area contributed by atoms with E-state index in [0.717, 1.165) is 17.8 Å². The van der Waals surface area contributed by atoms with Gasteiger partial charge < -0.3 is 15.8 Å². The van der Waals surface area contributed by atoms with Crippen molar-refractivity contribution in [2.45, 2.75) is 52.5 Å². The van der Waals surface area contributed by atoms with Crippen molar-refractivity contribution in [2.24, 2.45) is 11.7 Å². The van der Waals surface area contributed by atoms with E-state index in [0.29, 0.717) is 15.7 Å². The van der Waals surface area contributed by atoms with Crippen molar-refractivity contribution in [3.63, 3.8) is 0 Å².